The molecular weight excluding hydrogens is 420 g/mol. The van der Waals surface area contributed by atoms with E-state index in [9.17, 15) is 14.0 Å². The highest BCUT2D eigenvalue weighted by molar-refractivity contribution is 9.10. The zero-order valence-corrected chi connectivity index (χ0v) is 15.8. The monoisotopic (exact) mass is 433 g/mol. The molecule has 0 atom stereocenters. The number of fused-ring (bicyclic) bond motifs is 3. The van der Waals surface area contributed by atoms with Gasteiger partial charge in [-0.1, -0.05) is 22.0 Å². The van der Waals surface area contributed by atoms with Crippen LogP contribution >= 0.6 is 15.9 Å². The van der Waals surface area contributed by atoms with Crippen LogP contribution in [0.5, 0.6) is 0 Å². The standard InChI is InChI=1S/C18H14BrF2N5O/c1-25(27)9-16-24-23-15-8-22-18(17-12(20)3-2-4-13(17)21)11-7-10(19)5-6-14(11)26(15)16/h2-7,27H,8-9H2,1H3. The van der Waals surface area contributed by atoms with E-state index in [4.69, 9.17) is 0 Å². The fourth-order valence-electron chi connectivity index (χ4n) is 3.11. The summed E-state index contributed by atoms with van der Waals surface area (Å²) in [5.74, 6) is -0.369. The zero-order chi connectivity index (χ0) is 19.1. The maximum Gasteiger partial charge on any atom is 0.159 e. The minimum absolute atomic E-state index is 0.0948. The van der Waals surface area contributed by atoms with Crippen molar-refractivity contribution in [1.82, 2.24) is 19.8 Å². The van der Waals surface area contributed by atoms with E-state index >= 15 is 0 Å². The second kappa shape index (κ2) is 6.91. The molecule has 0 fully saturated rings. The minimum Gasteiger partial charge on any atom is -0.314 e. The van der Waals surface area contributed by atoms with Crippen molar-refractivity contribution < 1.29 is 14.0 Å². The Morgan fingerprint density at radius 2 is 1.93 bits per heavy atom. The van der Waals surface area contributed by atoms with Gasteiger partial charge in [-0.15, -0.1) is 10.2 Å². The van der Waals surface area contributed by atoms with Gasteiger partial charge in [-0.2, -0.15) is 5.06 Å². The molecule has 0 radical (unpaired) electrons. The summed E-state index contributed by atoms with van der Waals surface area (Å²) in [7, 11) is 1.50. The highest BCUT2D eigenvalue weighted by atomic mass is 79.9. The molecule has 1 N–H and O–H groups in total. The number of hydroxylamine groups is 2. The van der Waals surface area contributed by atoms with E-state index < -0.39 is 11.6 Å². The number of halogens is 3. The Morgan fingerprint density at radius 3 is 2.63 bits per heavy atom. The van der Waals surface area contributed by atoms with E-state index in [1.807, 2.05) is 6.07 Å². The van der Waals surface area contributed by atoms with E-state index in [2.05, 4.69) is 31.1 Å². The summed E-state index contributed by atoms with van der Waals surface area (Å²) in [5, 5.41) is 18.8. The van der Waals surface area contributed by atoms with Crippen LogP contribution in [-0.2, 0) is 13.1 Å². The summed E-state index contributed by atoms with van der Waals surface area (Å²) >= 11 is 3.41. The predicted molar refractivity (Wildman–Crippen MR) is 98.0 cm³/mol. The molecule has 27 heavy (non-hydrogen) atoms. The molecule has 9 heteroatoms. The van der Waals surface area contributed by atoms with Gasteiger partial charge in [0.05, 0.1) is 23.5 Å². The van der Waals surface area contributed by atoms with E-state index in [1.54, 1.807) is 16.7 Å². The highest BCUT2D eigenvalue weighted by Gasteiger charge is 2.26. The van der Waals surface area contributed by atoms with Crippen molar-refractivity contribution >= 4 is 21.6 Å². The minimum atomic E-state index is -0.687. The van der Waals surface area contributed by atoms with Crippen LogP contribution in [0.2, 0.25) is 0 Å². The van der Waals surface area contributed by atoms with Crippen LogP contribution < -0.4 is 0 Å². The van der Waals surface area contributed by atoms with E-state index in [1.165, 1.54) is 25.2 Å². The number of aliphatic imine (C=N–C) groups is 1. The summed E-state index contributed by atoms with van der Waals surface area (Å²) < 4.78 is 31.4. The summed E-state index contributed by atoms with van der Waals surface area (Å²) in [4.78, 5) is 4.45. The predicted octanol–water partition coefficient (Wildman–Crippen LogP) is 3.48. The summed E-state index contributed by atoms with van der Waals surface area (Å²) in [6.45, 7) is 0.226. The molecule has 0 amide bonds. The molecule has 4 rings (SSSR count). The largest absolute Gasteiger partial charge is 0.314 e. The van der Waals surface area contributed by atoms with Gasteiger partial charge in [-0.05, 0) is 30.3 Å². The molecule has 0 saturated carbocycles. The Bertz CT molecular complexity index is 1040. The number of rotatable bonds is 3. The van der Waals surface area contributed by atoms with E-state index in [0.29, 0.717) is 22.9 Å². The third kappa shape index (κ3) is 3.18. The van der Waals surface area contributed by atoms with Crippen LogP contribution in [0, 0.1) is 11.6 Å². The van der Waals surface area contributed by atoms with Gasteiger partial charge in [0.1, 0.15) is 18.2 Å². The molecule has 0 aliphatic carbocycles. The number of aromatic nitrogens is 3. The lowest BCUT2D eigenvalue weighted by molar-refractivity contribution is -0.0754. The van der Waals surface area contributed by atoms with Crippen molar-refractivity contribution in [3.63, 3.8) is 0 Å². The van der Waals surface area contributed by atoms with Crippen LogP contribution in [0.15, 0.2) is 45.9 Å². The average Bonchev–Trinajstić information content (AvgIpc) is 2.91. The molecule has 0 spiro atoms. The molecule has 1 aliphatic rings. The molecule has 2 aromatic carbocycles. The van der Waals surface area contributed by atoms with Gasteiger partial charge >= 0.3 is 0 Å². The summed E-state index contributed by atoms with van der Waals surface area (Å²) in [6.07, 6.45) is 0. The van der Waals surface area contributed by atoms with Crippen LogP contribution in [0.4, 0.5) is 8.78 Å². The molecule has 6 nitrogen and oxygen atoms in total. The lowest BCUT2D eigenvalue weighted by Gasteiger charge is -2.15. The number of hydrogen-bond acceptors (Lipinski definition) is 5. The molecule has 2 heterocycles. The van der Waals surface area contributed by atoms with Gasteiger partial charge in [0.2, 0.25) is 0 Å². The second-order valence-electron chi connectivity index (χ2n) is 6.11. The zero-order valence-electron chi connectivity index (χ0n) is 14.2. The highest BCUT2D eigenvalue weighted by Crippen LogP contribution is 2.30. The molecule has 138 valence electrons. The van der Waals surface area contributed by atoms with Gasteiger partial charge < -0.3 is 5.21 Å². The van der Waals surface area contributed by atoms with Gasteiger partial charge in [-0.25, -0.2) is 8.78 Å². The summed E-state index contributed by atoms with van der Waals surface area (Å²) in [5.41, 5.74) is 1.19. The van der Waals surface area contributed by atoms with Crippen LogP contribution in [0.25, 0.3) is 5.69 Å². The number of hydrogen-bond donors (Lipinski definition) is 1. The Kier molecular flexibility index (Phi) is 4.58. The molecule has 0 unspecified atom stereocenters. The molecule has 1 aliphatic heterocycles. The Morgan fingerprint density at radius 1 is 1.19 bits per heavy atom. The van der Waals surface area contributed by atoms with Gasteiger partial charge in [0.15, 0.2) is 11.6 Å². The SMILES string of the molecule is CN(O)Cc1nnc2n1-c1ccc(Br)cc1C(c1c(F)cccc1F)=NC2. The van der Waals surface area contributed by atoms with Crippen LogP contribution in [0.3, 0.4) is 0 Å². The first-order valence-corrected chi connectivity index (χ1v) is 8.87. The topological polar surface area (TPSA) is 66.5 Å². The lowest BCUT2D eigenvalue weighted by atomic mass is 9.99. The smallest absolute Gasteiger partial charge is 0.159 e. The Labute approximate surface area is 161 Å². The quantitative estimate of drug-likeness (QED) is 0.642. The van der Waals surface area contributed by atoms with Crippen molar-refractivity contribution in [2.24, 2.45) is 4.99 Å². The number of benzene rings is 2. The Balaban J connectivity index is 1.98. The first-order chi connectivity index (χ1) is 13.0. The lowest BCUT2D eigenvalue weighted by Crippen LogP contribution is -2.17. The molecule has 0 bridgehead atoms. The normalized spacial score (nSPS) is 13.2. The van der Waals surface area contributed by atoms with Gasteiger partial charge in [-0.3, -0.25) is 9.56 Å². The fraction of sp³-hybridized carbons (Fsp3) is 0.167. The average molecular weight is 434 g/mol. The van der Waals surface area contributed by atoms with Crippen LogP contribution in [-0.4, -0.2) is 37.8 Å². The van der Waals surface area contributed by atoms with Crippen molar-refractivity contribution in [3.8, 4) is 5.69 Å². The molecule has 0 saturated heterocycles. The molecule has 3 aromatic rings. The van der Waals surface area contributed by atoms with Gasteiger partial charge in [0, 0.05) is 17.1 Å². The van der Waals surface area contributed by atoms with Gasteiger partial charge in [0.25, 0.3) is 0 Å². The van der Waals surface area contributed by atoms with E-state index in [0.717, 1.165) is 9.54 Å². The first kappa shape index (κ1) is 17.9. The first-order valence-electron chi connectivity index (χ1n) is 8.08. The number of nitrogens with zero attached hydrogens (tertiary/aromatic N) is 5. The van der Waals surface area contributed by atoms with Crippen molar-refractivity contribution in [2.75, 3.05) is 7.05 Å². The fourth-order valence-corrected chi connectivity index (χ4v) is 3.47. The van der Waals surface area contributed by atoms with E-state index in [-0.39, 0.29) is 24.4 Å². The van der Waals surface area contributed by atoms with Crippen molar-refractivity contribution in [2.45, 2.75) is 13.1 Å². The molecular formula is C18H14BrF2N5O. The van der Waals surface area contributed by atoms with Crippen molar-refractivity contribution in [3.05, 3.63) is 75.3 Å². The van der Waals surface area contributed by atoms with Crippen LogP contribution in [0.1, 0.15) is 22.8 Å². The van der Waals surface area contributed by atoms with Crippen molar-refractivity contribution in [1.29, 1.82) is 0 Å². The maximum atomic E-state index is 14.5. The summed E-state index contributed by atoms with van der Waals surface area (Å²) in [6, 6.07) is 9.09. The third-order valence-corrected chi connectivity index (χ3v) is 4.69. The Hall–Kier alpha value is -2.49. The maximum absolute atomic E-state index is 14.5. The third-order valence-electron chi connectivity index (χ3n) is 4.20. The molecule has 1 aromatic heterocycles. The second-order valence-corrected chi connectivity index (χ2v) is 7.02.